The Morgan fingerprint density at radius 2 is 0.800 bits per heavy atom. The van der Waals surface area contributed by atoms with Gasteiger partial charge in [-0.1, -0.05) is 188 Å². The van der Waals surface area contributed by atoms with Crippen molar-refractivity contribution in [1.82, 2.24) is 15.0 Å². The van der Waals surface area contributed by atoms with E-state index in [4.69, 9.17) is 15.0 Å². The Morgan fingerprint density at radius 3 is 1.58 bits per heavy atom. The topological polar surface area (TPSA) is 38.7 Å². The summed E-state index contributed by atoms with van der Waals surface area (Å²) in [4.78, 5) is 16.0. The first-order valence-electron chi connectivity index (χ1n) is 22.0. The number of rotatable bonds is 6. The molecule has 13 aromatic rings. The second-order valence-electron chi connectivity index (χ2n) is 16.7. The average molecular weight is 844 g/mol. The van der Waals surface area contributed by atoms with E-state index in [2.05, 4.69) is 224 Å². The SMILES string of the molecule is c1ccc(-c2ccc(-c3nc(-c4ccc5cc(-c6cccc7c(-c8ccccc8)c8ccccc8cc67)ccc5c4)nc(-c4cccc5c4sc4ccccc45)n3)c3ccccc23)cc1. The monoisotopic (exact) mass is 843 g/mol. The Balaban J connectivity index is 0.973. The molecule has 4 heteroatoms. The van der Waals surface area contributed by atoms with Crippen LogP contribution in [-0.2, 0) is 0 Å². The van der Waals surface area contributed by atoms with Crippen LogP contribution in [0.3, 0.4) is 0 Å². The minimum Gasteiger partial charge on any atom is -0.208 e. The molecule has 3 nitrogen and oxygen atoms in total. The minimum atomic E-state index is 0.639. The lowest BCUT2D eigenvalue weighted by atomic mass is 9.88. The molecule has 65 heavy (non-hydrogen) atoms. The molecule has 0 saturated heterocycles. The lowest BCUT2D eigenvalue weighted by Gasteiger charge is -2.15. The molecule has 13 rings (SSSR count). The molecule has 0 aliphatic carbocycles. The van der Waals surface area contributed by atoms with E-state index in [0.717, 1.165) is 38.2 Å². The van der Waals surface area contributed by atoms with E-state index in [9.17, 15) is 0 Å². The van der Waals surface area contributed by atoms with Gasteiger partial charge in [0.15, 0.2) is 17.5 Å². The van der Waals surface area contributed by atoms with Gasteiger partial charge in [-0.25, -0.2) is 15.0 Å². The maximum Gasteiger partial charge on any atom is 0.165 e. The van der Waals surface area contributed by atoms with Crippen LogP contribution in [-0.4, -0.2) is 15.0 Å². The summed E-state index contributed by atoms with van der Waals surface area (Å²) in [5.41, 5.74) is 10.1. The van der Waals surface area contributed by atoms with E-state index >= 15 is 0 Å². The summed E-state index contributed by atoms with van der Waals surface area (Å²) >= 11 is 1.79. The standard InChI is InChI=1S/C61H37N3S/c1-3-15-38(16-4-1)46-33-34-53(49-22-10-9-21-48(46)49)60-62-59(63-61(64-60)54-27-14-26-52-50-23-11-12-28-56(50)65-58(52)54)44-32-30-40-35-43(31-29-41(40)36-44)45-24-13-25-51-55(45)37-42-19-7-8-20-47(42)57(51)39-17-5-2-6-18-39/h1-37H. The first-order chi connectivity index (χ1) is 32.2. The lowest BCUT2D eigenvalue weighted by Crippen LogP contribution is -2.01. The van der Waals surface area contributed by atoms with Crippen LogP contribution in [0.25, 0.3) is 131 Å². The molecule has 0 bridgehead atoms. The highest BCUT2D eigenvalue weighted by Gasteiger charge is 2.20. The molecule has 2 heterocycles. The smallest absolute Gasteiger partial charge is 0.165 e. The Labute approximate surface area is 379 Å². The van der Waals surface area contributed by atoms with Crippen molar-refractivity contribution in [3.05, 3.63) is 224 Å². The van der Waals surface area contributed by atoms with Gasteiger partial charge in [0.2, 0.25) is 0 Å². The second kappa shape index (κ2) is 15.2. The molecule has 0 N–H and O–H groups in total. The average Bonchev–Trinajstić information content (AvgIpc) is 3.76. The van der Waals surface area contributed by atoms with E-state index in [1.165, 1.54) is 75.1 Å². The molecule has 0 aliphatic heterocycles. The highest BCUT2D eigenvalue weighted by Crippen LogP contribution is 2.43. The van der Waals surface area contributed by atoms with Gasteiger partial charge in [-0.05, 0) is 113 Å². The van der Waals surface area contributed by atoms with Crippen molar-refractivity contribution in [2.24, 2.45) is 0 Å². The van der Waals surface area contributed by atoms with Crippen molar-refractivity contribution in [2.75, 3.05) is 0 Å². The van der Waals surface area contributed by atoms with E-state index in [1.807, 2.05) is 0 Å². The zero-order valence-corrected chi connectivity index (χ0v) is 35.9. The normalized spacial score (nSPS) is 11.7. The molecule has 0 saturated carbocycles. The van der Waals surface area contributed by atoms with Crippen LogP contribution >= 0.6 is 11.3 Å². The number of hydrogen-bond donors (Lipinski definition) is 0. The molecular formula is C61H37N3S. The van der Waals surface area contributed by atoms with Crippen LogP contribution in [0.4, 0.5) is 0 Å². The van der Waals surface area contributed by atoms with Crippen molar-refractivity contribution in [1.29, 1.82) is 0 Å². The fourth-order valence-electron chi connectivity index (χ4n) is 9.84. The maximum absolute atomic E-state index is 5.33. The first kappa shape index (κ1) is 37.3. The van der Waals surface area contributed by atoms with Gasteiger partial charge in [0.25, 0.3) is 0 Å². The lowest BCUT2D eigenvalue weighted by molar-refractivity contribution is 1.08. The molecule has 0 spiro atoms. The fourth-order valence-corrected chi connectivity index (χ4v) is 11.1. The number of nitrogens with zero attached hydrogens (tertiary/aromatic N) is 3. The first-order valence-corrected chi connectivity index (χ1v) is 22.8. The zero-order chi connectivity index (χ0) is 42.8. The van der Waals surface area contributed by atoms with Crippen LogP contribution in [0.15, 0.2) is 224 Å². The third-order valence-electron chi connectivity index (χ3n) is 12.9. The highest BCUT2D eigenvalue weighted by atomic mass is 32.1. The van der Waals surface area contributed by atoms with Crippen molar-refractivity contribution < 1.29 is 0 Å². The van der Waals surface area contributed by atoms with E-state index in [1.54, 1.807) is 11.3 Å². The molecule has 11 aromatic carbocycles. The molecular weight excluding hydrogens is 807 g/mol. The van der Waals surface area contributed by atoms with Crippen molar-refractivity contribution in [3.63, 3.8) is 0 Å². The molecule has 0 radical (unpaired) electrons. The number of thiophene rings is 1. The van der Waals surface area contributed by atoms with Crippen LogP contribution < -0.4 is 0 Å². The van der Waals surface area contributed by atoms with Gasteiger partial charge in [-0.2, -0.15) is 0 Å². The second-order valence-corrected chi connectivity index (χ2v) is 17.7. The molecule has 0 amide bonds. The molecule has 0 fully saturated rings. The molecule has 302 valence electrons. The minimum absolute atomic E-state index is 0.639. The Bertz CT molecular complexity index is 4000. The summed E-state index contributed by atoms with van der Waals surface area (Å²) in [6.45, 7) is 0. The fraction of sp³-hybridized carbons (Fsp3) is 0. The van der Waals surface area contributed by atoms with Crippen LogP contribution in [0.5, 0.6) is 0 Å². The third-order valence-corrected chi connectivity index (χ3v) is 14.1. The number of fused-ring (bicyclic) bond motifs is 7. The van der Waals surface area contributed by atoms with Crippen LogP contribution in [0, 0.1) is 0 Å². The summed E-state index contributed by atoms with van der Waals surface area (Å²) in [5, 5.41) is 12.0. The van der Waals surface area contributed by atoms with Gasteiger partial charge < -0.3 is 0 Å². The third kappa shape index (κ3) is 6.30. The van der Waals surface area contributed by atoms with Crippen LogP contribution in [0.1, 0.15) is 0 Å². The summed E-state index contributed by atoms with van der Waals surface area (Å²) in [6.07, 6.45) is 0. The summed E-state index contributed by atoms with van der Waals surface area (Å²) < 4.78 is 2.42. The summed E-state index contributed by atoms with van der Waals surface area (Å²) in [5.74, 6) is 1.94. The number of hydrogen-bond acceptors (Lipinski definition) is 4. The van der Waals surface area contributed by atoms with Crippen molar-refractivity contribution in [3.8, 4) is 67.5 Å². The molecule has 0 aliphatic rings. The molecule has 2 aromatic heterocycles. The van der Waals surface area contributed by atoms with Gasteiger partial charge in [0, 0.05) is 36.9 Å². The van der Waals surface area contributed by atoms with Crippen molar-refractivity contribution >= 4 is 74.6 Å². The summed E-state index contributed by atoms with van der Waals surface area (Å²) in [7, 11) is 0. The Kier molecular flexibility index (Phi) is 8.71. The van der Waals surface area contributed by atoms with E-state index in [-0.39, 0.29) is 0 Å². The highest BCUT2D eigenvalue weighted by molar-refractivity contribution is 7.26. The number of aromatic nitrogens is 3. The molecule has 0 unspecified atom stereocenters. The van der Waals surface area contributed by atoms with E-state index < -0.39 is 0 Å². The predicted molar refractivity (Wildman–Crippen MR) is 275 cm³/mol. The summed E-state index contributed by atoms with van der Waals surface area (Å²) in [6, 6.07) is 80.6. The van der Waals surface area contributed by atoms with Gasteiger partial charge in [-0.3, -0.25) is 0 Å². The molecule has 0 atom stereocenters. The zero-order valence-electron chi connectivity index (χ0n) is 35.1. The number of benzene rings is 11. The Hall–Kier alpha value is -8.31. The van der Waals surface area contributed by atoms with Gasteiger partial charge >= 0.3 is 0 Å². The quantitative estimate of drug-likeness (QED) is 0.157. The van der Waals surface area contributed by atoms with E-state index in [0.29, 0.717) is 17.5 Å². The van der Waals surface area contributed by atoms with Gasteiger partial charge in [0.1, 0.15) is 0 Å². The van der Waals surface area contributed by atoms with Crippen molar-refractivity contribution in [2.45, 2.75) is 0 Å². The largest absolute Gasteiger partial charge is 0.208 e. The van der Waals surface area contributed by atoms with Gasteiger partial charge in [-0.15, -0.1) is 11.3 Å². The maximum atomic E-state index is 5.33. The van der Waals surface area contributed by atoms with Gasteiger partial charge in [0.05, 0.1) is 0 Å². The Morgan fingerprint density at radius 1 is 0.262 bits per heavy atom. The van der Waals surface area contributed by atoms with Crippen LogP contribution in [0.2, 0.25) is 0 Å². The predicted octanol–water partition coefficient (Wildman–Crippen LogP) is 16.9.